The molecule has 1 saturated carbocycles. The number of carbonyl (C=O) groups excluding carboxylic acids is 3. The number of oxime groups is 1. The molecule has 2 amide bonds. The number of fused-ring (bicyclic) bond motifs is 1. The fourth-order valence-electron chi connectivity index (χ4n) is 6.05. The van der Waals surface area contributed by atoms with Crippen molar-refractivity contribution in [3.63, 3.8) is 0 Å². The molecule has 0 spiro atoms. The number of Topliss-reactive ketones (excluding diaryl/α,β-unsaturated/α-hetero) is 1. The first-order chi connectivity index (χ1) is 19.6. The summed E-state index contributed by atoms with van der Waals surface area (Å²) in [5.41, 5.74) is 8.05. The number of benzene rings is 1. The number of hydrogen-bond donors (Lipinski definition) is 3. The third-order valence-electron chi connectivity index (χ3n) is 8.36. The van der Waals surface area contributed by atoms with E-state index in [2.05, 4.69) is 32.7 Å². The molecule has 1 aromatic heterocycles. The van der Waals surface area contributed by atoms with Crippen molar-refractivity contribution in [2.45, 2.75) is 56.8 Å². The van der Waals surface area contributed by atoms with E-state index in [0.717, 1.165) is 25.2 Å². The monoisotopic (exact) mass is 581 g/mol. The van der Waals surface area contributed by atoms with Crippen LogP contribution in [0.5, 0.6) is 0 Å². The van der Waals surface area contributed by atoms with Gasteiger partial charge in [0.05, 0.1) is 11.7 Å². The fraction of sp³-hybridized carbons (Fsp3) is 0.552. The highest BCUT2D eigenvalue weighted by molar-refractivity contribution is 7.13. The minimum Gasteiger partial charge on any atom is -0.397 e. The molecule has 2 fully saturated rings. The van der Waals surface area contributed by atoms with Gasteiger partial charge >= 0.3 is 0 Å². The van der Waals surface area contributed by atoms with E-state index in [1.807, 2.05) is 0 Å². The third kappa shape index (κ3) is 6.60. The van der Waals surface area contributed by atoms with Crippen molar-refractivity contribution in [3.8, 4) is 0 Å². The quantitative estimate of drug-likeness (QED) is 0.133. The number of aromatic nitrogens is 1. The van der Waals surface area contributed by atoms with Crippen molar-refractivity contribution in [2.75, 3.05) is 34.8 Å². The maximum Gasteiger partial charge on any atom is 0.251 e. The van der Waals surface area contributed by atoms with Gasteiger partial charge in [0.25, 0.3) is 5.91 Å². The van der Waals surface area contributed by atoms with Crippen LogP contribution in [0.25, 0.3) is 0 Å². The largest absolute Gasteiger partial charge is 0.397 e. The van der Waals surface area contributed by atoms with Gasteiger partial charge in [0.15, 0.2) is 10.8 Å². The van der Waals surface area contributed by atoms with Gasteiger partial charge in [-0.2, -0.15) is 0 Å². The SMILES string of the molecule is CO/N=C(\N)c1cccc(C(=O)N[C@H]2CC[C@H](C(=O)N(C)C)C[C@H]2CC2NC2C(=O)c2nc3c(s2)CN(C)CC3)c1. The van der Waals surface area contributed by atoms with Crippen LogP contribution in [0.4, 0.5) is 0 Å². The van der Waals surface area contributed by atoms with Gasteiger partial charge in [-0.3, -0.25) is 14.4 Å². The van der Waals surface area contributed by atoms with Gasteiger partial charge in [0.2, 0.25) is 11.7 Å². The highest BCUT2D eigenvalue weighted by Crippen LogP contribution is 2.37. The van der Waals surface area contributed by atoms with Crippen molar-refractivity contribution in [1.29, 1.82) is 0 Å². The summed E-state index contributed by atoms with van der Waals surface area (Å²) >= 11 is 1.51. The van der Waals surface area contributed by atoms with E-state index in [0.29, 0.717) is 41.8 Å². The molecule has 2 aromatic rings. The Morgan fingerprint density at radius 1 is 1.27 bits per heavy atom. The molecule has 1 aromatic carbocycles. The number of nitrogens with zero attached hydrogens (tertiary/aromatic N) is 4. The van der Waals surface area contributed by atoms with Gasteiger partial charge in [-0.05, 0) is 50.8 Å². The molecule has 2 unspecified atom stereocenters. The summed E-state index contributed by atoms with van der Waals surface area (Å²) in [6.45, 7) is 1.79. The number of amides is 2. The van der Waals surface area contributed by atoms with Crippen LogP contribution >= 0.6 is 11.3 Å². The summed E-state index contributed by atoms with van der Waals surface area (Å²) in [5, 5.41) is 10.9. The van der Waals surface area contributed by atoms with Crippen molar-refractivity contribution in [1.82, 2.24) is 25.4 Å². The Morgan fingerprint density at radius 3 is 2.80 bits per heavy atom. The Labute approximate surface area is 244 Å². The molecular formula is C29H39N7O4S. The van der Waals surface area contributed by atoms with Gasteiger partial charge in [0.1, 0.15) is 7.11 Å². The van der Waals surface area contributed by atoms with Gasteiger partial charge in [-0.15, -0.1) is 11.3 Å². The van der Waals surface area contributed by atoms with E-state index in [1.54, 1.807) is 43.3 Å². The molecule has 3 heterocycles. The van der Waals surface area contributed by atoms with Gasteiger partial charge in [0, 0.05) is 67.6 Å². The summed E-state index contributed by atoms with van der Waals surface area (Å²) in [6.07, 6.45) is 3.61. The van der Waals surface area contributed by atoms with Crippen molar-refractivity contribution in [2.24, 2.45) is 22.7 Å². The lowest BCUT2D eigenvalue weighted by molar-refractivity contribution is -0.134. The topological polar surface area (TPSA) is 152 Å². The summed E-state index contributed by atoms with van der Waals surface area (Å²) in [7, 11) is 7.05. The first-order valence-corrected chi connectivity index (χ1v) is 14.9. The van der Waals surface area contributed by atoms with Crippen LogP contribution in [0.3, 0.4) is 0 Å². The average Bonchev–Trinajstić information content (AvgIpc) is 3.60. The van der Waals surface area contributed by atoms with E-state index >= 15 is 0 Å². The van der Waals surface area contributed by atoms with Crippen LogP contribution in [0.2, 0.25) is 0 Å². The molecule has 41 heavy (non-hydrogen) atoms. The predicted octanol–water partition coefficient (Wildman–Crippen LogP) is 1.61. The lowest BCUT2D eigenvalue weighted by atomic mass is 9.75. The van der Waals surface area contributed by atoms with E-state index in [9.17, 15) is 14.4 Å². The highest BCUT2D eigenvalue weighted by atomic mass is 32.1. The van der Waals surface area contributed by atoms with Crippen LogP contribution in [0, 0.1) is 11.8 Å². The average molecular weight is 582 g/mol. The second-order valence-electron chi connectivity index (χ2n) is 11.6. The normalized spacial score (nSPS) is 26.1. The van der Waals surface area contributed by atoms with Crippen molar-refractivity contribution >= 4 is 34.8 Å². The smallest absolute Gasteiger partial charge is 0.251 e. The lowest BCUT2D eigenvalue weighted by Crippen LogP contribution is -2.46. The van der Waals surface area contributed by atoms with Crippen LogP contribution in [0.1, 0.15) is 62.0 Å². The van der Waals surface area contributed by atoms with E-state index in [4.69, 9.17) is 10.6 Å². The molecular weight excluding hydrogens is 542 g/mol. The van der Waals surface area contributed by atoms with Gasteiger partial charge < -0.3 is 31.0 Å². The molecule has 0 bridgehead atoms. The predicted molar refractivity (Wildman–Crippen MR) is 157 cm³/mol. The molecule has 5 rings (SSSR count). The zero-order valence-electron chi connectivity index (χ0n) is 24.1. The number of likely N-dealkylation sites (N-methyl/N-ethyl adjacent to an activating group) is 1. The standard InChI is InChI=1S/C29H39N7O4S/c1-35(2)29(39)18-8-9-20(32-27(38)17-7-5-6-16(12-17)26(30)34-40-4)19(13-18)14-22-24(31-22)25(37)28-33-21-10-11-36(3)15-23(21)41-28/h5-7,12,18-20,22,24,31H,8-11,13-15H2,1-4H3,(H2,30,34)(H,32,38)/t18-,19-,20-,22?,24?/m0/s1. The molecule has 1 saturated heterocycles. The first kappa shape index (κ1) is 29.2. The van der Waals surface area contributed by atoms with E-state index in [-0.39, 0.29) is 53.4 Å². The number of thiazole rings is 1. The van der Waals surface area contributed by atoms with Crippen LogP contribution in [-0.4, -0.2) is 91.1 Å². The fourth-order valence-corrected chi connectivity index (χ4v) is 7.22. The molecule has 0 radical (unpaired) electrons. The van der Waals surface area contributed by atoms with Crippen molar-refractivity contribution in [3.05, 3.63) is 51.0 Å². The summed E-state index contributed by atoms with van der Waals surface area (Å²) in [6, 6.07) is 6.54. The lowest BCUT2D eigenvalue weighted by Gasteiger charge is -2.37. The number of carbonyl (C=O) groups is 3. The maximum absolute atomic E-state index is 13.3. The molecule has 5 atom stereocenters. The Balaban J connectivity index is 1.27. The minimum atomic E-state index is -0.277. The Hall–Kier alpha value is -3.35. The maximum atomic E-state index is 13.3. The third-order valence-corrected chi connectivity index (χ3v) is 9.45. The second kappa shape index (κ2) is 12.3. The number of hydrogen-bond acceptors (Lipinski definition) is 9. The number of nitrogens with one attached hydrogen (secondary N) is 2. The summed E-state index contributed by atoms with van der Waals surface area (Å²) < 4.78 is 0. The van der Waals surface area contributed by atoms with E-state index < -0.39 is 0 Å². The van der Waals surface area contributed by atoms with E-state index in [1.165, 1.54) is 23.3 Å². The zero-order valence-corrected chi connectivity index (χ0v) is 24.9. The Bertz CT molecular complexity index is 1340. The van der Waals surface area contributed by atoms with Gasteiger partial charge in [-0.1, -0.05) is 17.3 Å². The molecule has 220 valence electrons. The first-order valence-electron chi connectivity index (χ1n) is 14.1. The number of rotatable bonds is 9. The molecule has 2 aliphatic heterocycles. The Morgan fingerprint density at radius 2 is 2.05 bits per heavy atom. The molecule has 1 aliphatic carbocycles. The van der Waals surface area contributed by atoms with Crippen LogP contribution in [-0.2, 0) is 22.6 Å². The molecule has 3 aliphatic rings. The number of nitrogens with two attached hydrogens (primary N) is 1. The summed E-state index contributed by atoms with van der Waals surface area (Å²) in [4.78, 5) is 54.0. The number of ketones is 1. The zero-order chi connectivity index (χ0) is 29.3. The van der Waals surface area contributed by atoms with Crippen LogP contribution < -0.4 is 16.4 Å². The molecule has 12 heteroatoms. The summed E-state index contributed by atoms with van der Waals surface area (Å²) in [5.74, 6) is 0.0626. The van der Waals surface area contributed by atoms with Crippen molar-refractivity contribution < 1.29 is 19.2 Å². The molecule has 4 N–H and O–H groups in total. The minimum absolute atomic E-state index is 0.00269. The Kier molecular flexibility index (Phi) is 8.71. The van der Waals surface area contributed by atoms with Crippen LogP contribution in [0.15, 0.2) is 29.4 Å². The molecule has 11 nitrogen and oxygen atoms in total. The highest BCUT2D eigenvalue weighted by Gasteiger charge is 2.47. The number of amidine groups is 1. The second-order valence-corrected chi connectivity index (χ2v) is 12.6. The van der Waals surface area contributed by atoms with Gasteiger partial charge in [-0.25, -0.2) is 4.98 Å².